The molecule has 2 fully saturated rings. The van der Waals surface area contributed by atoms with Crippen LogP contribution in [0.25, 0.3) is 0 Å². The molecular weight excluding hydrogens is 296 g/mol. The van der Waals surface area contributed by atoms with Crippen molar-refractivity contribution in [2.75, 3.05) is 0 Å². The summed E-state index contributed by atoms with van der Waals surface area (Å²) in [5.41, 5.74) is 0.589. The predicted molar refractivity (Wildman–Crippen MR) is 104 cm³/mol. The molecule has 0 spiro atoms. The zero-order valence-electron chi connectivity index (χ0n) is 16.6. The second kappa shape index (κ2) is 8.51. The van der Waals surface area contributed by atoms with Crippen molar-refractivity contribution >= 4 is 8.32 Å². The minimum atomic E-state index is -1.40. The van der Waals surface area contributed by atoms with Gasteiger partial charge >= 0.3 is 0 Å². The Bertz CT molecular complexity index is 348. The topological polar surface area (TPSA) is 9.23 Å². The van der Waals surface area contributed by atoms with E-state index in [4.69, 9.17) is 4.43 Å². The maximum absolute atomic E-state index is 6.61. The first kappa shape index (κ1) is 19.5. The molecule has 0 aromatic rings. The molecule has 136 valence electrons. The quantitative estimate of drug-likeness (QED) is 0.320. The smallest absolute Gasteiger partial charge is 0.184 e. The van der Waals surface area contributed by atoms with Crippen LogP contribution in [0, 0.1) is 17.3 Å². The lowest BCUT2D eigenvalue weighted by molar-refractivity contribution is -0.00861. The first-order valence-corrected chi connectivity index (χ1v) is 14.0. The van der Waals surface area contributed by atoms with Crippen LogP contribution >= 0.6 is 0 Å². The fourth-order valence-corrected chi connectivity index (χ4v) is 6.66. The van der Waals surface area contributed by atoms with E-state index in [9.17, 15) is 0 Å². The van der Waals surface area contributed by atoms with Gasteiger partial charge in [-0.05, 0) is 69.0 Å². The zero-order valence-corrected chi connectivity index (χ0v) is 17.6. The molecule has 2 heteroatoms. The van der Waals surface area contributed by atoms with Crippen LogP contribution in [-0.2, 0) is 4.43 Å². The largest absolute Gasteiger partial charge is 0.414 e. The Balaban J connectivity index is 1.83. The number of hydrogen-bond donors (Lipinski definition) is 0. The average molecular weight is 339 g/mol. The lowest BCUT2D eigenvalue weighted by Gasteiger charge is -2.46. The van der Waals surface area contributed by atoms with Crippen molar-refractivity contribution in [1.29, 1.82) is 0 Å². The van der Waals surface area contributed by atoms with Crippen molar-refractivity contribution in [3.63, 3.8) is 0 Å². The third-order valence-electron chi connectivity index (χ3n) is 6.67. The van der Waals surface area contributed by atoms with Crippen molar-refractivity contribution < 1.29 is 4.43 Å². The van der Waals surface area contributed by atoms with Gasteiger partial charge in [-0.15, -0.1) is 0 Å². The molecule has 0 aliphatic heterocycles. The van der Waals surface area contributed by atoms with Crippen molar-refractivity contribution in [3.05, 3.63) is 0 Å². The third-order valence-corrected chi connectivity index (χ3v) is 7.68. The fraction of sp³-hybridized carbons (Fsp3) is 1.00. The molecule has 0 aromatic carbocycles. The lowest BCUT2D eigenvalue weighted by atomic mass is 9.63. The van der Waals surface area contributed by atoms with E-state index in [-0.39, 0.29) is 0 Å². The summed E-state index contributed by atoms with van der Waals surface area (Å²) in [6.45, 7) is 12.0. The van der Waals surface area contributed by atoms with E-state index in [0.29, 0.717) is 11.5 Å². The normalized spacial score (nSPS) is 34.6. The highest BCUT2D eigenvalue weighted by atomic mass is 28.4. The summed E-state index contributed by atoms with van der Waals surface area (Å²) in [6.07, 6.45) is 17.8. The van der Waals surface area contributed by atoms with Gasteiger partial charge in [0.15, 0.2) is 8.32 Å². The molecule has 0 aromatic heterocycles. The predicted octanol–water partition coefficient (Wildman–Crippen LogP) is 7.17. The van der Waals surface area contributed by atoms with Gasteiger partial charge in [-0.1, -0.05) is 58.8 Å². The highest BCUT2D eigenvalue weighted by molar-refractivity contribution is 6.69. The monoisotopic (exact) mass is 338 g/mol. The van der Waals surface area contributed by atoms with E-state index in [0.717, 1.165) is 11.8 Å². The highest BCUT2D eigenvalue weighted by Crippen LogP contribution is 2.57. The lowest BCUT2D eigenvalue weighted by Crippen LogP contribution is -2.45. The molecule has 0 heterocycles. The van der Waals surface area contributed by atoms with Crippen LogP contribution in [0.3, 0.4) is 0 Å². The van der Waals surface area contributed by atoms with Crippen LogP contribution in [0.15, 0.2) is 0 Å². The van der Waals surface area contributed by atoms with Gasteiger partial charge < -0.3 is 4.43 Å². The molecule has 2 unspecified atom stereocenters. The first-order valence-electron chi connectivity index (χ1n) is 10.5. The van der Waals surface area contributed by atoms with Gasteiger partial charge in [-0.25, -0.2) is 0 Å². The summed E-state index contributed by atoms with van der Waals surface area (Å²) < 4.78 is 6.61. The summed E-state index contributed by atoms with van der Waals surface area (Å²) in [6, 6.07) is 0. The molecule has 23 heavy (non-hydrogen) atoms. The third kappa shape index (κ3) is 5.32. The standard InChI is InChI=1S/C21H42OSi/c1-6-7-8-9-10-11-13-18-15-16-19-20(22-23(3,4)5)14-12-17-21(18,19)2/h18-20H,6-17H2,1-5H3/t18-,19?,20?,21-/m1/s1. The second-order valence-electron chi connectivity index (χ2n) is 9.60. The van der Waals surface area contributed by atoms with Crippen LogP contribution in [0.2, 0.25) is 19.6 Å². The van der Waals surface area contributed by atoms with Crippen LogP contribution in [0.4, 0.5) is 0 Å². The second-order valence-corrected chi connectivity index (χ2v) is 14.1. The van der Waals surface area contributed by atoms with E-state index >= 15 is 0 Å². The van der Waals surface area contributed by atoms with Gasteiger partial charge in [0.2, 0.25) is 0 Å². The summed E-state index contributed by atoms with van der Waals surface area (Å²) in [5, 5.41) is 0. The molecule has 4 atom stereocenters. The molecule has 0 N–H and O–H groups in total. The van der Waals surface area contributed by atoms with Crippen LogP contribution in [-0.4, -0.2) is 14.4 Å². The van der Waals surface area contributed by atoms with Gasteiger partial charge in [-0.2, -0.15) is 0 Å². The van der Waals surface area contributed by atoms with Crippen LogP contribution in [0.1, 0.15) is 90.9 Å². The van der Waals surface area contributed by atoms with Crippen molar-refractivity contribution in [2.45, 2.75) is 117 Å². The van der Waals surface area contributed by atoms with E-state index in [1.807, 2.05) is 0 Å². The van der Waals surface area contributed by atoms with E-state index in [1.54, 1.807) is 0 Å². The Hall–Kier alpha value is 0.177. The fourth-order valence-electron chi connectivity index (χ4n) is 5.47. The molecular formula is C21H42OSi. The van der Waals surface area contributed by atoms with Gasteiger partial charge in [0, 0.05) is 6.10 Å². The van der Waals surface area contributed by atoms with Crippen molar-refractivity contribution in [1.82, 2.24) is 0 Å². The molecule has 2 aliphatic carbocycles. The Morgan fingerprint density at radius 2 is 1.65 bits per heavy atom. The molecule has 0 saturated heterocycles. The Morgan fingerprint density at radius 3 is 2.35 bits per heavy atom. The molecule has 2 saturated carbocycles. The van der Waals surface area contributed by atoms with Crippen molar-refractivity contribution in [2.24, 2.45) is 17.3 Å². The van der Waals surface area contributed by atoms with Gasteiger partial charge in [0.1, 0.15) is 0 Å². The summed E-state index contributed by atoms with van der Waals surface area (Å²) >= 11 is 0. The molecule has 2 aliphatic rings. The highest BCUT2D eigenvalue weighted by Gasteiger charge is 2.51. The zero-order chi connectivity index (χ0) is 16.9. The number of unbranched alkanes of at least 4 members (excludes halogenated alkanes) is 5. The summed E-state index contributed by atoms with van der Waals surface area (Å²) in [7, 11) is -1.40. The van der Waals surface area contributed by atoms with Crippen LogP contribution in [0.5, 0.6) is 0 Å². The minimum Gasteiger partial charge on any atom is -0.414 e. The molecule has 1 nitrogen and oxygen atoms in total. The minimum absolute atomic E-state index is 0.579. The summed E-state index contributed by atoms with van der Waals surface area (Å²) in [4.78, 5) is 0. The molecule has 0 bridgehead atoms. The maximum atomic E-state index is 6.61. The Kier molecular flexibility index (Phi) is 7.22. The number of rotatable bonds is 9. The SMILES string of the molecule is CCCCCCCC[C@@H]1CCC2C(O[Si](C)(C)C)CCC[C@@]21C. The Labute approximate surface area is 147 Å². The van der Waals surface area contributed by atoms with Crippen LogP contribution < -0.4 is 0 Å². The number of hydrogen-bond acceptors (Lipinski definition) is 1. The maximum Gasteiger partial charge on any atom is 0.184 e. The summed E-state index contributed by atoms with van der Waals surface area (Å²) in [5.74, 6) is 1.83. The Morgan fingerprint density at radius 1 is 0.957 bits per heavy atom. The van der Waals surface area contributed by atoms with E-state index < -0.39 is 8.32 Å². The van der Waals surface area contributed by atoms with Gasteiger partial charge in [0.05, 0.1) is 0 Å². The van der Waals surface area contributed by atoms with E-state index in [1.165, 1.54) is 77.0 Å². The molecule has 0 amide bonds. The van der Waals surface area contributed by atoms with E-state index in [2.05, 4.69) is 33.5 Å². The number of fused-ring (bicyclic) bond motifs is 1. The molecule has 2 rings (SSSR count). The molecule has 0 radical (unpaired) electrons. The first-order chi connectivity index (χ1) is 10.9. The van der Waals surface area contributed by atoms with Crippen molar-refractivity contribution in [3.8, 4) is 0 Å². The average Bonchev–Trinajstić information content (AvgIpc) is 2.79. The van der Waals surface area contributed by atoms with Gasteiger partial charge in [0.25, 0.3) is 0 Å². The van der Waals surface area contributed by atoms with Gasteiger partial charge in [-0.3, -0.25) is 0 Å².